The Bertz CT molecular complexity index is 337. The van der Waals surface area contributed by atoms with E-state index in [1.165, 1.54) is 0 Å². The van der Waals surface area contributed by atoms with Crippen LogP contribution in [-0.2, 0) is 4.74 Å². The molecule has 2 rings (SSSR count). The zero-order chi connectivity index (χ0) is 10.9. The molecule has 15 heavy (non-hydrogen) atoms. The van der Waals surface area contributed by atoms with Gasteiger partial charge in [-0.15, -0.1) is 0 Å². The lowest BCUT2D eigenvalue weighted by Gasteiger charge is -2.26. The topological polar surface area (TPSA) is 34.1 Å². The van der Waals surface area contributed by atoms with Gasteiger partial charge in [0.2, 0.25) is 0 Å². The quantitative estimate of drug-likeness (QED) is 0.842. The maximum atomic E-state index is 5.77. The van der Waals surface area contributed by atoms with Gasteiger partial charge in [-0.2, -0.15) is 0 Å². The molecule has 0 saturated carbocycles. The van der Waals surface area contributed by atoms with Crippen molar-refractivity contribution in [3.05, 3.63) is 23.4 Å². The summed E-state index contributed by atoms with van der Waals surface area (Å²) >= 11 is 5.77. The SMILES string of the molecule is CC1(C)OCCC1Nc1ccc(Cl)cn1. The number of hydrogen-bond acceptors (Lipinski definition) is 3. The largest absolute Gasteiger partial charge is 0.373 e. The number of pyridine rings is 1. The standard InChI is InChI=1S/C11H15ClN2O/c1-11(2)9(5-6-15-11)14-10-4-3-8(12)7-13-10/h3-4,7,9H,5-6H2,1-2H3,(H,13,14). The van der Waals surface area contributed by atoms with Gasteiger partial charge in [0.15, 0.2) is 0 Å². The van der Waals surface area contributed by atoms with Crippen molar-refractivity contribution in [2.45, 2.75) is 31.9 Å². The van der Waals surface area contributed by atoms with Gasteiger partial charge < -0.3 is 10.1 Å². The van der Waals surface area contributed by atoms with Crippen molar-refractivity contribution >= 4 is 17.4 Å². The summed E-state index contributed by atoms with van der Waals surface area (Å²) in [7, 11) is 0. The van der Waals surface area contributed by atoms with Crippen molar-refractivity contribution in [3.8, 4) is 0 Å². The number of halogens is 1. The first-order valence-corrected chi connectivity index (χ1v) is 5.48. The summed E-state index contributed by atoms with van der Waals surface area (Å²) in [5.41, 5.74) is -0.124. The van der Waals surface area contributed by atoms with Gasteiger partial charge in [-0.25, -0.2) is 4.98 Å². The molecule has 1 aliphatic heterocycles. The minimum atomic E-state index is -0.124. The van der Waals surface area contributed by atoms with Gasteiger partial charge >= 0.3 is 0 Å². The highest BCUT2D eigenvalue weighted by atomic mass is 35.5. The van der Waals surface area contributed by atoms with Crippen LogP contribution in [0.2, 0.25) is 5.02 Å². The lowest BCUT2D eigenvalue weighted by Crippen LogP contribution is -2.38. The third-order valence-corrected chi connectivity index (χ3v) is 2.99. The number of aromatic nitrogens is 1. The van der Waals surface area contributed by atoms with Crippen molar-refractivity contribution < 1.29 is 4.74 Å². The monoisotopic (exact) mass is 226 g/mol. The molecule has 1 N–H and O–H groups in total. The average molecular weight is 227 g/mol. The van der Waals surface area contributed by atoms with Crippen LogP contribution >= 0.6 is 11.6 Å². The smallest absolute Gasteiger partial charge is 0.126 e. The number of hydrogen-bond donors (Lipinski definition) is 1. The van der Waals surface area contributed by atoms with E-state index in [9.17, 15) is 0 Å². The number of anilines is 1. The Morgan fingerprint density at radius 3 is 2.87 bits per heavy atom. The van der Waals surface area contributed by atoms with E-state index >= 15 is 0 Å². The third-order valence-electron chi connectivity index (χ3n) is 2.77. The first-order valence-electron chi connectivity index (χ1n) is 5.10. The summed E-state index contributed by atoms with van der Waals surface area (Å²) in [6, 6.07) is 4.03. The first-order chi connectivity index (χ1) is 7.08. The second-order valence-corrected chi connectivity index (χ2v) is 4.74. The Kier molecular flexibility index (Phi) is 2.85. The molecule has 1 fully saturated rings. The predicted octanol–water partition coefficient (Wildman–Crippen LogP) is 2.71. The molecule has 1 aromatic rings. The average Bonchev–Trinajstić information content (AvgIpc) is 2.50. The summed E-state index contributed by atoms with van der Waals surface area (Å²) in [6.45, 7) is 4.99. The van der Waals surface area contributed by atoms with E-state index < -0.39 is 0 Å². The number of ether oxygens (including phenoxy) is 1. The highest BCUT2D eigenvalue weighted by Crippen LogP contribution is 2.27. The Labute approximate surface area is 94.8 Å². The van der Waals surface area contributed by atoms with Crippen molar-refractivity contribution in [2.24, 2.45) is 0 Å². The van der Waals surface area contributed by atoms with Gasteiger partial charge in [-0.1, -0.05) is 11.6 Å². The predicted molar refractivity (Wildman–Crippen MR) is 61.3 cm³/mol. The fraction of sp³-hybridized carbons (Fsp3) is 0.545. The molecule has 0 amide bonds. The second-order valence-electron chi connectivity index (χ2n) is 4.30. The minimum Gasteiger partial charge on any atom is -0.373 e. The second kappa shape index (κ2) is 3.99. The fourth-order valence-electron chi connectivity index (χ4n) is 1.77. The molecular formula is C11H15ClN2O. The molecule has 1 aliphatic rings. The van der Waals surface area contributed by atoms with Crippen LogP contribution < -0.4 is 5.32 Å². The summed E-state index contributed by atoms with van der Waals surface area (Å²) in [4.78, 5) is 4.21. The van der Waals surface area contributed by atoms with Crippen LogP contribution in [0.4, 0.5) is 5.82 Å². The molecule has 1 atom stereocenters. The van der Waals surface area contributed by atoms with Crippen LogP contribution in [0.1, 0.15) is 20.3 Å². The molecule has 1 saturated heterocycles. The lowest BCUT2D eigenvalue weighted by molar-refractivity contribution is 0.0314. The molecule has 1 aromatic heterocycles. The lowest BCUT2D eigenvalue weighted by atomic mass is 9.99. The van der Waals surface area contributed by atoms with Crippen molar-refractivity contribution in [1.29, 1.82) is 0 Å². The molecule has 0 bridgehead atoms. The molecule has 3 nitrogen and oxygen atoms in total. The highest BCUT2D eigenvalue weighted by molar-refractivity contribution is 6.30. The molecule has 2 heterocycles. The summed E-state index contributed by atoms with van der Waals surface area (Å²) in [6.07, 6.45) is 2.66. The molecule has 82 valence electrons. The first kappa shape index (κ1) is 10.7. The number of rotatable bonds is 2. The van der Waals surface area contributed by atoms with Gasteiger partial charge in [0, 0.05) is 12.8 Å². The van der Waals surface area contributed by atoms with E-state index in [4.69, 9.17) is 16.3 Å². The Morgan fingerprint density at radius 2 is 2.33 bits per heavy atom. The molecule has 0 spiro atoms. The van der Waals surface area contributed by atoms with Gasteiger partial charge in [0.05, 0.1) is 16.7 Å². The maximum absolute atomic E-state index is 5.77. The molecule has 4 heteroatoms. The van der Waals surface area contributed by atoms with Crippen LogP contribution in [-0.4, -0.2) is 23.2 Å². The van der Waals surface area contributed by atoms with Crippen molar-refractivity contribution in [1.82, 2.24) is 4.98 Å². The van der Waals surface area contributed by atoms with E-state index in [0.29, 0.717) is 11.1 Å². The highest BCUT2D eigenvalue weighted by Gasteiger charge is 2.35. The molecule has 0 aliphatic carbocycles. The summed E-state index contributed by atoms with van der Waals surface area (Å²) < 4.78 is 5.63. The Hall–Kier alpha value is -0.800. The normalized spacial score (nSPS) is 24.1. The number of nitrogens with zero attached hydrogens (tertiary/aromatic N) is 1. The van der Waals surface area contributed by atoms with Crippen molar-refractivity contribution in [3.63, 3.8) is 0 Å². The van der Waals surface area contributed by atoms with E-state index in [0.717, 1.165) is 18.8 Å². The molecule has 0 radical (unpaired) electrons. The zero-order valence-electron chi connectivity index (χ0n) is 8.96. The minimum absolute atomic E-state index is 0.124. The van der Waals surface area contributed by atoms with Crippen LogP contribution in [0, 0.1) is 0 Å². The van der Waals surface area contributed by atoms with Crippen LogP contribution in [0.3, 0.4) is 0 Å². The van der Waals surface area contributed by atoms with Crippen molar-refractivity contribution in [2.75, 3.05) is 11.9 Å². The van der Waals surface area contributed by atoms with E-state index in [2.05, 4.69) is 24.1 Å². The van der Waals surface area contributed by atoms with Gasteiger partial charge in [-0.3, -0.25) is 0 Å². The van der Waals surface area contributed by atoms with Crippen LogP contribution in [0.25, 0.3) is 0 Å². The summed E-state index contributed by atoms with van der Waals surface area (Å²) in [5, 5.41) is 4.02. The van der Waals surface area contributed by atoms with E-state index in [1.807, 2.05) is 12.1 Å². The van der Waals surface area contributed by atoms with E-state index in [1.54, 1.807) is 6.20 Å². The Balaban J connectivity index is 2.06. The maximum Gasteiger partial charge on any atom is 0.126 e. The Morgan fingerprint density at radius 1 is 1.53 bits per heavy atom. The molecular weight excluding hydrogens is 212 g/mol. The van der Waals surface area contributed by atoms with Crippen LogP contribution in [0.15, 0.2) is 18.3 Å². The fourth-order valence-corrected chi connectivity index (χ4v) is 1.89. The molecule has 1 unspecified atom stereocenters. The van der Waals surface area contributed by atoms with Crippen LogP contribution in [0.5, 0.6) is 0 Å². The zero-order valence-corrected chi connectivity index (χ0v) is 9.71. The van der Waals surface area contributed by atoms with Gasteiger partial charge in [-0.05, 0) is 32.4 Å². The van der Waals surface area contributed by atoms with E-state index in [-0.39, 0.29) is 5.60 Å². The van der Waals surface area contributed by atoms with Gasteiger partial charge in [0.25, 0.3) is 0 Å². The molecule has 0 aromatic carbocycles. The summed E-state index contributed by atoms with van der Waals surface area (Å²) in [5.74, 6) is 0.850. The third kappa shape index (κ3) is 2.41. The van der Waals surface area contributed by atoms with Gasteiger partial charge in [0.1, 0.15) is 5.82 Å². The number of nitrogens with one attached hydrogen (secondary N) is 1.